The Bertz CT molecular complexity index is 635. The summed E-state index contributed by atoms with van der Waals surface area (Å²) in [5.74, 6) is 0.478. The molecule has 2 aromatic rings. The Morgan fingerprint density at radius 1 is 1.32 bits per heavy atom. The Hall–Kier alpha value is -2.36. The van der Waals surface area contributed by atoms with Crippen molar-refractivity contribution in [1.82, 2.24) is 4.98 Å². The van der Waals surface area contributed by atoms with E-state index < -0.39 is 5.91 Å². The molecule has 2 heterocycles. The molecule has 19 heavy (non-hydrogen) atoms. The number of fused-ring (bicyclic) bond motifs is 1. The molecule has 1 aliphatic heterocycles. The fourth-order valence-electron chi connectivity index (χ4n) is 2.37. The van der Waals surface area contributed by atoms with E-state index in [0.717, 1.165) is 29.0 Å². The molecule has 0 saturated carbocycles. The molecule has 1 unspecified atom stereocenters. The summed E-state index contributed by atoms with van der Waals surface area (Å²) in [5, 5.41) is 0. The van der Waals surface area contributed by atoms with Crippen molar-refractivity contribution in [3.8, 4) is 17.0 Å². The first-order valence-corrected chi connectivity index (χ1v) is 6.20. The van der Waals surface area contributed by atoms with Gasteiger partial charge in [0.25, 0.3) is 0 Å². The highest BCUT2D eigenvalue weighted by Gasteiger charge is 2.23. The Kier molecular flexibility index (Phi) is 2.71. The van der Waals surface area contributed by atoms with Crippen LogP contribution < -0.4 is 10.5 Å². The van der Waals surface area contributed by atoms with E-state index in [1.54, 1.807) is 18.3 Å². The van der Waals surface area contributed by atoms with Crippen LogP contribution in [0.2, 0.25) is 0 Å². The van der Waals surface area contributed by atoms with Gasteiger partial charge in [-0.1, -0.05) is 12.1 Å². The zero-order valence-electron chi connectivity index (χ0n) is 10.6. The lowest BCUT2D eigenvalue weighted by molar-refractivity contribution is 0.100. The molecule has 0 bridgehead atoms. The van der Waals surface area contributed by atoms with Crippen LogP contribution >= 0.6 is 0 Å². The predicted molar refractivity (Wildman–Crippen MR) is 72.0 cm³/mol. The van der Waals surface area contributed by atoms with E-state index in [4.69, 9.17) is 10.5 Å². The van der Waals surface area contributed by atoms with Gasteiger partial charge in [0.15, 0.2) is 0 Å². The zero-order chi connectivity index (χ0) is 13.4. The van der Waals surface area contributed by atoms with Crippen molar-refractivity contribution in [3.63, 3.8) is 0 Å². The van der Waals surface area contributed by atoms with Gasteiger partial charge in [-0.3, -0.25) is 9.78 Å². The van der Waals surface area contributed by atoms with E-state index in [-0.39, 0.29) is 6.10 Å². The number of hydrogen-bond donors (Lipinski definition) is 1. The Morgan fingerprint density at radius 3 is 2.74 bits per heavy atom. The monoisotopic (exact) mass is 254 g/mol. The number of hydrogen-bond acceptors (Lipinski definition) is 3. The molecule has 0 spiro atoms. The molecule has 0 fully saturated rings. The van der Waals surface area contributed by atoms with Crippen LogP contribution in [0, 0.1) is 0 Å². The second kappa shape index (κ2) is 4.39. The van der Waals surface area contributed by atoms with Crippen molar-refractivity contribution >= 4 is 5.91 Å². The molecule has 4 heteroatoms. The number of nitrogens with zero attached hydrogens (tertiary/aromatic N) is 1. The lowest BCUT2D eigenvalue weighted by atomic mass is 10.0. The third-order valence-corrected chi connectivity index (χ3v) is 3.28. The highest BCUT2D eigenvalue weighted by atomic mass is 16.5. The quantitative estimate of drug-likeness (QED) is 0.893. The minimum absolute atomic E-state index is 0.183. The van der Waals surface area contributed by atoms with Crippen molar-refractivity contribution in [3.05, 3.63) is 47.7 Å². The van der Waals surface area contributed by atoms with Crippen molar-refractivity contribution in [1.29, 1.82) is 0 Å². The Balaban J connectivity index is 2.04. The van der Waals surface area contributed by atoms with Crippen LogP contribution in [-0.2, 0) is 6.42 Å². The number of amides is 1. The molecule has 0 saturated heterocycles. The van der Waals surface area contributed by atoms with E-state index in [0.29, 0.717) is 5.56 Å². The minimum Gasteiger partial charge on any atom is -0.490 e. The SMILES string of the molecule is CC1Cc2c(ccnc2-c2ccc(C(N)=O)cc2)O1. The highest BCUT2D eigenvalue weighted by Crippen LogP contribution is 2.35. The summed E-state index contributed by atoms with van der Waals surface area (Å²) < 4.78 is 5.72. The van der Waals surface area contributed by atoms with Gasteiger partial charge in [0.2, 0.25) is 5.91 Å². The molecule has 1 aliphatic rings. The van der Waals surface area contributed by atoms with Gasteiger partial charge in [0.05, 0.1) is 5.69 Å². The summed E-state index contributed by atoms with van der Waals surface area (Å²) in [6, 6.07) is 9.06. The van der Waals surface area contributed by atoms with Gasteiger partial charge >= 0.3 is 0 Å². The number of benzene rings is 1. The van der Waals surface area contributed by atoms with Gasteiger partial charge in [-0.05, 0) is 25.1 Å². The number of pyridine rings is 1. The van der Waals surface area contributed by atoms with Crippen molar-refractivity contribution in [2.45, 2.75) is 19.4 Å². The Labute approximate surface area is 111 Å². The average molecular weight is 254 g/mol. The van der Waals surface area contributed by atoms with Gasteiger partial charge in [-0.2, -0.15) is 0 Å². The van der Waals surface area contributed by atoms with Crippen molar-refractivity contribution < 1.29 is 9.53 Å². The number of carbonyl (C=O) groups excluding carboxylic acids is 1. The molecule has 1 aromatic carbocycles. The van der Waals surface area contributed by atoms with Crippen molar-refractivity contribution in [2.75, 3.05) is 0 Å². The number of aromatic nitrogens is 1. The van der Waals surface area contributed by atoms with E-state index in [2.05, 4.69) is 4.98 Å². The van der Waals surface area contributed by atoms with Crippen LogP contribution in [0.3, 0.4) is 0 Å². The van der Waals surface area contributed by atoms with Gasteiger partial charge in [-0.15, -0.1) is 0 Å². The molecule has 1 aromatic heterocycles. The number of carbonyl (C=O) groups is 1. The minimum atomic E-state index is -0.422. The number of primary amides is 1. The van der Waals surface area contributed by atoms with Gasteiger partial charge in [-0.25, -0.2) is 0 Å². The third-order valence-electron chi connectivity index (χ3n) is 3.28. The van der Waals surface area contributed by atoms with E-state index >= 15 is 0 Å². The summed E-state index contributed by atoms with van der Waals surface area (Å²) in [5.41, 5.74) is 8.75. The molecule has 1 amide bonds. The van der Waals surface area contributed by atoms with Crippen LogP contribution in [0.1, 0.15) is 22.8 Å². The van der Waals surface area contributed by atoms with Crippen molar-refractivity contribution in [2.24, 2.45) is 5.73 Å². The fraction of sp³-hybridized carbons (Fsp3) is 0.200. The van der Waals surface area contributed by atoms with Gasteiger partial charge in [0, 0.05) is 29.3 Å². The summed E-state index contributed by atoms with van der Waals surface area (Å²) >= 11 is 0. The summed E-state index contributed by atoms with van der Waals surface area (Å²) in [7, 11) is 0. The highest BCUT2D eigenvalue weighted by molar-refractivity contribution is 5.93. The summed E-state index contributed by atoms with van der Waals surface area (Å²) in [6.45, 7) is 2.04. The third kappa shape index (κ3) is 2.05. The van der Waals surface area contributed by atoms with Crippen LogP contribution in [0.5, 0.6) is 5.75 Å². The fourth-order valence-corrected chi connectivity index (χ4v) is 2.37. The standard InChI is InChI=1S/C15H14N2O2/c1-9-8-12-13(19-9)6-7-17-14(12)10-2-4-11(5-3-10)15(16)18/h2-7,9H,8H2,1H3,(H2,16,18). The first kappa shape index (κ1) is 11.7. The topological polar surface area (TPSA) is 65.2 Å². The number of nitrogens with two attached hydrogens (primary N) is 1. The number of ether oxygens (including phenoxy) is 1. The normalized spacial score (nSPS) is 16.8. The average Bonchev–Trinajstić information content (AvgIpc) is 2.78. The molecular formula is C15H14N2O2. The predicted octanol–water partition coefficient (Wildman–Crippen LogP) is 2.17. The maximum absolute atomic E-state index is 11.1. The van der Waals surface area contributed by atoms with E-state index in [1.165, 1.54) is 0 Å². The maximum Gasteiger partial charge on any atom is 0.248 e. The summed E-state index contributed by atoms with van der Waals surface area (Å²) in [6.07, 6.45) is 2.78. The molecule has 0 aliphatic carbocycles. The largest absolute Gasteiger partial charge is 0.490 e. The smallest absolute Gasteiger partial charge is 0.248 e. The van der Waals surface area contributed by atoms with Crippen LogP contribution in [0.15, 0.2) is 36.5 Å². The van der Waals surface area contributed by atoms with E-state index in [1.807, 2.05) is 25.1 Å². The molecule has 96 valence electrons. The molecule has 1 atom stereocenters. The first-order valence-electron chi connectivity index (χ1n) is 6.20. The molecule has 4 nitrogen and oxygen atoms in total. The molecular weight excluding hydrogens is 240 g/mol. The van der Waals surface area contributed by atoms with E-state index in [9.17, 15) is 4.79 Å². The second-order valence-electron chi connectivity index (χ2n) is 4.71. The van der Waals surface area contributed by atoms with Gasteiger partial charge < -0.3 is 10.5 Å². The lowest BCUT2D eigenvalue weighted by Gasteiger charge is -2.06. The van der Waals surface area contributed by atoms with Crippen LogP contribution in [0.25, 0.3) is 11.3 Å². The number of rotatable bonds is 2. The van der Waals surface area contributed by atoms with Crippen LogP contribution in [-0.4, -0.2) is 17.0 Å². The second-order valence-corrected chi connectivity index (χ2v) is 4.71. The maximum atomic E-state index is 11.1. The van der Waals surface area contributed by atoms with Gasteiger partial charge in [0.1, 0.15) is 11.9 Å². The van der Waals surface area contributed by atoms with Crippen LogP contribution in [0.4, 0.5) is 0 Å². The lowest BCUT2D eigenvalue weighted by Crippen LogP contribution is -2.10. The first-order chi connectivity index (χ1) is 9.15. The molecule has 0 radical (unpaired) electrons. The zero-order valence-corrected chi connectivity index (χ0v) is 10.6. The Morgan fingerprint density at radius 2 is 2.05 bits per heavy atom. The molecule has 2 N–H and O–H groups in total. The summed E-state index contributed by atoms with van der Waals surface area (Å²) in [4.78, 5) is 15.5. The molecule has 3 rings (SSSR count).